The summed E-state index contributed by atoms with van der Waals surface area (Å²) in [5.74, 6) is 1.94. The highest BCUT2D eigenvalue weighted by Crippen LogP contribution is 2.45. The highest BCUT2D eigenvalue weighted by atomic mass is 79.9. The van der Waals surface area contributed by atoms with Gasteiger partial charge in [-0.1, -0.05) is 15.9 Å². The molecule has 0 saturated heterocycles. The van der Waals surface area contributed by atoms with Gasteiger partial charge >= 0.3 is 0 Å². The summed E-state index contributed by atoms with van der Waals surface area (Å²) in [5, 5.41) is 0. The number of hydrogen-bond donors (Lipinski definition) is 1. The molecule has 0 radical (unpaired) electrons. The van der Waals surface area contributed by atoms with Crippen LogP contribution < -0.4 is 10.5 Å². The Kier molecular flexibility index (Phi) is 4.63. The van der Waals surface area contributed by atoms with Crippen LogP contribution in [0.25, 0.3) is 0 Å². The predicted molar refractivity (Wildman–Crippen MR) is 93.1 cm³/mol. The third-order valence-corrected chi connectivity index (χ3v) is 4.06. The molecule has 3 rings (SSSR count). The maximum atomic E-state index is 6.04. The Labute approximate surface area is 143 Å². The number of ether oxygens (including phenoxy) is 2. The third kappa shape index (κ3) is 3.38. The zero-order valence-electron chi connectivity index (χ0n) is 13.0. The van der Waals surface area contributed by atoms with Gasteiger partial charge in [0.2, 0.25) is 0 Å². The number of pyridine rings is 1. The van der Waals surface area contributed by atoms with E-state index in [1.807, 2.05) is 38.1 Å². The summed E-state index contributed by atoms with van der Waals surface area (Å²) in [6.07, 6.45) is 1.73. The van der Waals surface area contributed by atoms with Crippen molar-refractivity contribution in [3.05, 3.63) is 51.8 Å². The van der Waals surface area contributed by atoms with E-state index in [4.69, 9.17) is 15.2 Å². The molecule has 1 aliphatic heterocycles. The number of hydrogen-bond acceptors (Lipinski definition) is 4. The van der Waals surface area contributed by atoms with Gasteiger partial charge in [0.15, 0.2) is 5.75 Å². The maximum Gasteiger partial charge on any atom is 0.151 e. The van der Waals surface area contributed by atoms with Gasteiger partial charge in [-0.3, -0.25) is 9.98 Å². The average Bonchev–Trinajstić information content (AvgIpc) is 2.53. The van der Waals surface area contributed by atoms with Crippen molar-refractivity contribution in [2.24, 2.45) is 10.7 Å². The lowest BCUT2D eigenvalue weighted by atomic mass is 9.95. The Morgan fingerprint density at radius 1 is 1.35 bits per heavy atom. The number of aryl methyl sites for hydroxylation is 1. The number of aliphatic imine (C=N–C) groups is 1. The number of nitrogens with two attached hydrogens (primary N) is 1. The molecule has 0 aliphatic carbocycles. The van der Waals surface area contributed by atoms with Crippen LogP contribution in [0.4, 0.5) is 0 Å². The second kappa shape index (κ2) is 6.68. The fraction of sp³-hybridized carbons (Fsp3) is 0.294. The van der Waals surface area contributed by atoms with Gasteiger partial charge in [0.1, 0.15) is 24.2 Å². The molecule has 0 bridgehead atoms. The smallest absolute Gasteiger partial charge is 0.151 e. The normalized spacial score (nSPS) is 16.5. The van der Waals surface area contributed by atoms with Crippen molar-refractivity contribution in [2.75, 3.05) is 13.2 Å². The number of nitrogens with zero attached hydrogens (tertiary/aromatic N) is 2. The van der Waals surface area contributed by atoms with Crippen LogP contribution in [-0.4, -0.2) is 24.0 Å². The standard InChI is InChI=1S/C17H18BrN3O2/c1-3-22-9-16(19)21-17-12-6-10(2)20-8-15(12)23-14-5-4-11(18)7-13(14)17/h4-8,17H,3,9H2,1-2H3,(H2,19,21). The summed E-state index contributed by atoms with van der Waals surface area (Å²) < 4.78 is 12.3. The van der Waals surface area contributed by atoms with Crippen molar-refractivity contribution >= 4 is 21.8 Å². The van der Waals surface area contributed by atoms with Crippen LogP contribution in [0.15, 0.2) is 39.9 Å². The van der Waals surface area contributed by atoms with E-state index in [0.717, 1.165) is 27.0 Å². The topological polar surface area (TPSA) is 69.7 Å². The fourth-order valence-corrected chi connectivity index (χ4v) is 2.91. The Hall–Kier alpha value is -1.92. The summed E-state index contributed by atoms with van der Waals surface area (Å²) in [7, 11) is 0. The SMILES string of the molecule is CCOCC(N)=NC1c2cc(Br)ccc2Oc2cnc(C)cc21. The highest BCUT2D eigenvalue weighted by Gasteiger charge is 2.28. The van der Waals surface area contributed by atoms with Crippen molar-refractivity contribution in [1.82, 2.24) is 4.98 Å². The molecule has 1 aromatic carbocycles. The lowest BCUT2D eigenvalue weighted by molar-refractivity contribution is 0.186. The van der Waals surface area contributed by atoms with E-state index in [-0.39, 0.29) is 6.04 Å². The van der Waals surface area contributed by atoms with Gasteiger partial charge < -0.3 is 15.2 Å². The summed E-state index contributed by atoms with van der Waals surface area (Å²) >= 11 is 3.51. The summed E-state index contributed by atoms with van der Waals surface area (Å²) in [6.45, 7) is 4.79. The molecule has 5 nitrogen and oxygen atoms in total. The summed E-state index contributed by atoms with van der Waals surface area (Å²) in [4.78, 5) is 8.99. The second-order valence-corrected chi connectivity index (χ2v) is 6.22. The van der Waals surface area contributed by atoms with E-state index in [2.05, 4.69) is 25.9 Å². The van der Waals surface area contributed by atoms with Crippen LogP contribution in [0.3, 0.4) is 0 Å². The van der Waals surface area contributed by atoms with Gasteiger partial charge in [-0.2, -0.15) is 0 Å². The highest BCUT2D eigenvalue weighted by molar-refractivity contribution is 9.10. The molecule has 1 aliphatic rings. The third-order valence-electron chi connectivity index (χ3n) is 3.56. The number of rotatable bonds is 4. The van der Waals surface area contributed by atoms with Gasteiger partial charge in [0, 0.05) is 27.9 Å². The van der Waals surface area contributed by atoms with Gasteiger partial charge in [0.05, 0.1) is 6.20 Å². The van der Waals surface area contributed by atoms with E-state index < -0.39 is 0 Å². The Bertz CT molecular complexity index is 710. The molecule has 0 spiro atoms. The number of benzene rings is 1. The van der Waals surface area contributed by atoms with Crippen molar-refractivity contribution in [2.45, 2.75) is 19.9 Å². The lowest BCUT2D eigenvalue weighted by Crippen LogP contribution is -2.21. The van der Waals surface area contributed by atoms with E-state index in [1.165, 1.54) is 0 Å². The minimum absolute atomic E-state index is 0.228. The van der Waals surface area contributed by atoms with Gasteiger partial charge in [-0.25, -0.2) is 0 Å². The Morgan fingerprint density at radius 3 is 2.91 bits per heavy atom. The number of fused-ring (bicyclic) bond motifs is 2. The van der Waals surface area contributed by atoms with E-state index in [9.17, 15) is 0 Å². The molecule has 0 amide bonds. The summed E-state index contributed by atoms with van der Waals surface area (Å²) in [5.41, 5.74) is 8.88. The molecule has 2 heterocycles. The second-order valence-electron chi connectivity index (χ2n) is 5.31. The quantitative estimate of drug-likeness (QED) is 0.652. The summed E-state index contributed by atoms with van der Waals surface area (Å²) in [6, 6.07) is 7.63. The van der Waals surface area contributed by atoms with Crippen LogP contribution in [0.5, 0.6) is 11.5 Å². The number of amidine groups is 1. The lowest BCUT2D eigenvalue weighted by Gasteiger charge is -2.26. The van der Waals surface area contributed by atoms with Crippen molar-refractivity contribution in [3.8, 4) is 11.5 Å². The molecule has 0 saturated carbocycles. The molecule has 23 heavy (non-hydrogen) atoms. The van der Waals surface area contributed by atoms with Crippen molar-refractivity contribution < 1.29 is 9.47 Å². The van der Waals surface area contributed by atoms with Gasteiger partial charge in [0.25, 0.3) is 0 Å². The van der Waals surface area contributed by atoms with Gasteiger partial charge in [-0.05, 0) is 38.1 Å². The van der Waals surface area contributed by atoms with E-state index in [0.29, 0.717) is 24.8 Å². The first-order chi connectivity index (χ1) is 11.1. The first-order valence-corrected chi connectivity index (χ1v) is 8.21. The number of halogens is 1. The first-order valence-electron chi connectivity index (χ1n) is 7.42. The molecule has 2 aromatic rings. The van der Waals surface area contributed by atoms with Crippen LogP contribution in [0, 0.1) is 6.92 Å². The molecular formula is C17H18BrN3O2. The molecule has 120 valence electrons. The minimum atomic E-state index is -0.228. The zero-order valence-corrected chi connectivity index (χ0v) is 14.6. The molecule has 1 unspecified atom stereocenters. The van der Waals surface area contributed by atoms with Crippen molar-refractivity contribution in [1.29, 1.82) is 0 Å². The molecule has 2 N–H and O–H groups in total. The minimum Gasteiger partial charge on any atom is -0.455 e. The fourth-order valence-electron chi connectivity index (χ4n) is 2.53. The molecule has 1 aromatic heterocycles. The molecular weight excluding hydrogens is 358 g/mol. The van der Waals surface area contributed by atoms with E-state index >= 15 is 0 Å². The van der Waals surface area contributed by atoms with Crippen LogP contribution in [0.1, 0.15) is 29.8 Å². The van der Waals surface area contributed by atoms with Gasteiger partial charge in [-0.15, -0.1) is 0 Å². The van der Waals surface area contributed by atoms with Crippen LogP contribution in [-0.2, 0) is 4.74 Å². The van der Waals surface area contributed by atoms with Crippen LogP contribution >= 0.6 is 15.9 Å². The largest absolute Gasteiger partial charge is 0.455 e. The Morgan fingerprint density at radius 2 is 2.13 bits per heavy atom. The molecule has 0 fully saturated rings. The maximum absolute atomic E-state index is 6.04. The monoisotopic (exact) mass is 375 g/mol. The van der Waals surface area contributed by atoms with E-state index in [1.54, 1.807) is 6.20 Å². The molecule has 1 atom stereocenters. The number of aromatic nitrogens is 1. The first kappa shape index (κ1) is 16.0. The zero-order chi connectivity index (χ0) is 16.4. The predicted octanol–water partition coefficient (Wildman–Crippen LogP) is 3.74. The van der Waals surface area contributed by atoms with Crippen molar-refractivity contribution in [3.63, 3.8) is 0 Å². The average molecular weight is 376 g/mol. The Balaban J connectivity index is 2.09. The molecule has 6 heteroatoms. The van der Waals surface area contributed by atoms with Crippen LogP contribution in [0.2, 0.25) is 0 Å².